The first-order valence-corrected chi connectivity index (χ1v) is 9.89. The summed E-state index contributed by atoms with van der Waals surface area (Å²) in [6.45, 7) is 13.7. The van der Waals surface area contributed by atoms with Gasteiger partial charge in [-0.2, -0.15) is 9.61 Å². The number of rotatable bonds is 3. The zero-order chi connectivity index (χ0) is 18.3. The Hall–Kier alpha value is -1.73. The van der Waals surface area contributed by atoms with Crippen LogP contribution < -0.4 is 4.90 Å². The van der Waals surface area contributed by atoms with Crippen molar-refractivity contribution in [3.63, 3.8) is 0 Å². The van der Waals surface area contributed by atoms with Gasteiger partial charge in [0.2, 0.25) is 5.65 Å². The van der Waals surface area contributed by atoms with Crippen LogP contribution in [0.2, 0.25) is 0 Å². The van der Waals surface area contributed by atoms with Crippen LogP contribution in [0.5, 0.6) is 0 Å². The number of piperazine rings is 1. The van der Waals surface area contributed by atoms with Gasteiger partial charge in [-0.1, -0.05) is 0 Å². The molecule has 2 aromatic rings. The lowest BCUT2D eigenvalue weighted by Gasteiger charge is -2.43. The molecule has 0 spiro atoms. The van der Waals surface area contributed by atoms with E-state index in [1.165, 1.54) is 50.3 Å². The maximum atomic E-state index is 4.56. The molecule has 2 saturated heterocycles. The molecule has 1 atom stereocenters. The Morgan fingerprint density at radius 1 is 1.04 bits per heavy atom. The Morgan fingerprint density at radius 3 is 2.42 bits per heavy atom. The summed E-state index contributed by atoms with van der Waals surface area (Å²) >= 11 is 0. The second-order valence-electron chi connectivity index (χ2n) is 8.06. The summed E-state index contributed by atoms with van der Waals surface area (Å²) in [6, 6.07) is 0.680. The monoisotopic (exact) mass is 357 g/mol. The molecule has 0 bridgehead atoms. The molecule has 0 radical (unpaired) electrons. The fraction of sp³-hybridized carbons (Fsp3) is 0.737. The zero-order valence-corrected chi connectivity index (χ0v) is 16.5. The molecule has 2 aliphatic heterocycles. The first-order chi connectivity index (χ1) is 12.5. The molecule has 2 fully saturated rings. The topological polar surface area (TPSA) is 52.8 Å². The Bertz CT molecular complexity index is 755. The lowest BCUT2D eigenvalue weighted by atomic mass is 9.88. The molecule has 142 valence electrons. The molecular weight excluding hydrogens is 326 g/mol. The molecule has 0 saturated carbocycles. The number of hydrogen-bond acceptors (Lipinski definition) is 6. The molecule has 0 amide bonds. The number of fused-ring (bicyclic) bond motifs is 1. The molecule has 0 aliphatic carbocycles. The van der Waals surface area contributed by atoms with Crippen LogP contribution in [0.15, 0.2) is 6.33 Å². The van der Waals surface area contributed by atoms with Crippen LogP contribution in [0.4, 0.5) is 5.69 Å². The lowest BCUT2D eigenvalue weighted by molar-refractivity contribution is 0.0814. The van der Waals surface area contributed by atoms with Crippen molar-refractivity contribution >= 4 is 11.3 Å². The zero-order valence-electron chi connectivity index (χ0n) is 16.5. The molecule has 26 heavy (non-hydrogen) atoms. The van der Waals surface area contributed by atoms with Crippen molar-refractivity contribution < 1.29 is 0 Å². The number of likely N-dealkylation sites (N-methyl/N-ethyl adjacent to an activating group) is 1. The van der Waals surface area contributed by atoms with Gasteiger partial charge in [0.1, 0.15) is 6.33 Å². The average molecular weight is 358 g/mol. The standard InChI is InChI=1S/C19H31N7/c1-14-15(2)22-26-13-20-21-19(26)18(14)25-7-5-17(6-8-25)16(3)24-11-9-23(4)10-12-24/h13,16-17H,5-12H2,1-4H3. The highest BCUT2D eigenvalue weighted by Crippen LogP contribution is 2.32. The van der Waals surface area contributed by atoms with Crippen LogP contribution in [0, 0.1) is 19.8 Å². The third kappa shape index (κ3) is 3.18. The second-order valence-corrected chi connectivity index (χ2v) is 8.06. The highest BCUT2D eigenvalue weighted by Gasteiger charge is 2.30. The number of anilines is 1. The van der Waals surface area contributed by atoms with Gasteiger partial charge in [-0.15, -0.1) is 10.2 Å². The number of aromatic nitrogens is 4. The van der Waals surface area contributed by atoms with Gasteiger partial charge in [0.25, 0.3) is 0 Å². The average Bonchev–Trinajstić information content (AvgIpc) is 3.11. The summed E-state index contributed by atoms with van der Waals surface area (Å²) in [7, 11) is 2.23. The van der Waals surface area contributed by atoms with Crippen molar-refractivity contribution in [1.82, 2.24) is 29.6 Å². The molecule has 2 aliphatic rings. The summed E-state index contributed by atoms with van der Waals surface area (Å²) in [4.78, 5) is 7.63. The SMILES string of the molecule is Cc1nn2cnnc2c(N2CCC(C(C)N3CCN(C)CC3)CC2)c1C. The van der Waals surface area contributed by atoms with E-state index >= 15 is 0 Å². The molecular formula is C19H31N7. The smallest absolute Gasteiger partial charge is 0.201 e. The number of nitrogens with zero attached hydrogens (tertiary/aromatic N) is 7. The molecule has 0 N–H and O–H groups in total. The van der Waals surface area contributed by atoms with Crippen LogP contribution in [0.3, 0.4) is 0 Å². The highest BCUT2D eigenvalue weighted by atomic mass is 15.4. The fourth-order valence-electron chi connectivity index (χ4n) is 4.55. The van der Waals surface area contributed by atoms with Gasteiger partial charge in [0.15, 0.2) is 0 Å². The molecule has 2 aromatic heterocycles. The van der Waals surface area contributed by atoms with Crippen molar-refractivity contribution in [3.8, 4) is 0 Å². The van der Waals surface area contributed by atoms with Gasteiger partial charge in [0.05, 0.1) is 11.4 Å². The van der Waals surface area contributed by atoms with E-state index in [1.54, 1.807) is 6.33 Å². The van der Waals surface area contributed by atoms with Crippen molar-refractivity contribution in [1.29, 1.82) is 0 Å². The second kappa shape index (κ2) is 7.12. The highest BCUT2D eigenvalue weighted by molar-refractivity contribution is 5.72. The van der Waals surface area contributed by atoms with E-state index in [1.807, 2.05) is 4.52 Å². The normalized spacial score (nSPS) is 22.2. The number of piperidine rings is 1. The Balaban J connectivity index is 1.46. The number of hydrogen-bond donors (Lipinski definition) is 0. The van der Waals surface area contributed by atoms with Gasteiger partial charge in [0, 0.05) is 45.3 Å². The van der Waals surface area contributed by atoms with E-state index in [-0.39, 0.29) is 0 Å². The predicted molar refractivity (Wildman–Crippen MR) is 104 cm³/mol. The van der Waals surface area contributed by atoms with E-state index in [0.717, 1.165) is 30.3 Å². The van der Waals surface area contributed by atoms with Crippen molar-refractivity contribution in [2.75, 3.05) is 51.2 Å². The number of aryl methyl sites for hydroxylation is 1. The summed E-state index contributed by atoms with van der Waals surface area (Å²) in [5, 5.41) is 12.9. The van der Waals surface area contributed by atoms with Gasteiger partial charge < -0.3 is 9.80 Å². The maximum absolute atomic E-state index is 4.56. The molecule has 1 unspecified atom stereocenters. The van der Waals surface area contributed by atoms with Crippen molar-refractivity contribution in [3.05, 3.63) is 17.6 Å². The minimum Gasteiger partial charge on any atom is -0.368 e. The summed E-state index contributed by atoms with van der Waals surface area (Å²) < 4.78 is 1.82. The third-order valence-electron chi connectivity index (χ3n) is 6.55. The molecule has 0 aromatic carbocycles. The Morgan fingerprint density at radius 2 is 1.73 bits per heavy atom. The summed E-state index contributed by atoms with van der Waals surface area (Å²) in [6.07, 6.45) is 4.19. The third-order valence-corrected chi connectivity index (χ3v) is 6.55. The van der Waals surface area contributed by atoms with E-state index in [4.69, 9.17) is 0 Å². The Kier molecular flexibility index (Phi) is 4.84. The van der Waals surface area contributed by atoms with Crippen molar-refractivity contribution in [2.24, 2.45) is 5.92 Å². The van der Waals surface area contributed by atoms with E-state index < -0.39 is 0 Å². The first-order valence-electron chi connectivity index (χ1n) is 9.89. The van der Waals surface area contributed by atoms with Crippen LogP contribution in [0.1, 0.15) is 31.0 Å². The molecule has 4 rings (SSSR count). The van der Waals surface area contributed by atoms with E-state index in [2.05, 4.69) is 57.8 Å². The maximum Gasteiger partial charge on any atom is 0.201 e. The molecule has 7 heteroatoms. The lowest BCUT2D eigenvalue weighted by Crippen LogP contribution is -2.51. The van der Waals surface area contributed by atoms with Gasteiger partial charge in [-0.05, 0) is 52.1 Å². The van der Waals surface area contributed by atoms with Crippen molar-refractivity contribution in [2.45, 2.75) is 39.7 Å². The minimum atomic E-state index is 0.680. The van der Waals surface area contributed by atoms with E-state index in [0.29, 0.717) is 6.04 Å². The van der Waals surface area contributed by atoms with Gasteiger partial charge in [-0.25, -0.2) is 0 Å². The molecule has 4 heterocycles. The van der Waals surface area contributed by atoms with Crippen LogP contribution in [-0.2, 0) is 0 Å². The summed E-state index contributed by atoms with van der Waals surface area (Å²) in [5.74, 6) is 0.784. The van der Waals surface area contributed by atoms with Gasteiger partial charge >= 0.3 is 0 Å². The first kappa shape index (κ1) is 17.7. The largest absolute Gasteiger partial charge is 0.368 e. The fourth-order valence-corrected chi connectivity index (χ4v) is 4.55. The van der Waals surface area contributed by atoms with Crippen LogP contribution in [0.25, 0.3) is 5.65 Å². The van der Waals surface area contributed by atoms with Crippen LogP contribution >= 0.6 is 0 Å². The predicted octanol–water partition coefficient (Wildman–Crippen LogP) is 1.59. The molecule has 7 nitrogen and oxygen atoms in total. The quantitative estimate of drug-likeness (QED) is 0.832. The summed E-state index contributed by atoms with van der Waals surface area (Å²) in [5.41, 5.74) is 4.40. The Labute approximate surface area is 156 Å². The van der Waals surface area contributed by atoms with E-state index in [9.17, 15) is 0 Å². The van der Waals surface area contributed by atoms with Crippen LogP contribution in [-0.4, -0.2) is 82.0 Å². The minimum absolute atomic E-state index is 0.680. The van der Waals surface area contributed by atoms with Gasteiger partial charge in [-0.3, -0.25) is 4.90 Å².